The lowest BCUT2D eigenvalue weighted by Crippen LogP contribution is -2.25. The molecule has 0 radical (unpaired) electrons. The highest BCUT2D eigenvalue weighted by Crippen LogP contribution is 2.43. The molecule has 242 valence electrons. The van der Waals surface area contributed by atoms with Gasteiger partial charge >= 0.3 is 35.8 Å². The summed E-state index contributed by atoms with van der Waals surface area (Å²) in [6.45, 7) is 0. The number of ketones is 2. The van der Waals surface area contributed by atoms with Crippen LogP contribution in [0, 0.1) is 0 Å². The van der Waals surface area contributed by atoms with Gasteiger partial charge in [-0.05, 0) is 24.3 Å². The number of aromatic hydroxyl groups is 2. The highest BCUT2D eigenvalue weighted by molar-refractivity contribution is 6.53. The maximum atomic E-state index is 12.1. The molecule has 0 fully saturated rings. The first-order chi connectivity index (χ1) is 22.4. The quantitative estimate of drug-likeness (QED) is 0.0914. The third-order valence-electron chi connectivity index (χ3n) is 6.90. The van der Waals surface area contributed by atoms with Gasteiger partial charge in [0.2, 0.25) is 5.78 Å². The van der Waals surface area contributed by atoms with Crippen molar-refractivity contribution in [1.82, 2.24) is 19.9 Å². The van der Waals surface area contributed by atoms with E-state index < -0.39 is 98.5 Å². The second kappa shape index (κ2) is 11.1. The number of Topliss-reactive ketones (excluding diaryl/α,β-unsaturated/α-hetero) is 2. The molecular formula is C28H14N4O16. The average Bonchev–Trinajstić information content (AvgIpc) is 3.68. The molecule has 4 aromatic heterocycles. The maximum absolute atomic E-state index is 12.1. The number of fused-ring (bicyclic) bond motifs is 6. The Kier molecular flexibility index (Phi) is 7.32. The van der Waals surface area contributed by atoms with Gasteiger partial charge in [0.1, 0.15) is 28.5 Å². The molecule has 10 N–H and O–H groups in total. The number of H-pyrrole nitrogens is 2. The van der Waals surface area contributed by atoms with Crippen molar-refractivity contribution in [2.75, 3.05) is 0 Å². The van der Waals surface area contributed by atoms with Crippen LogP contribution in [0.3, 0.4) is 0 Å². The van der Waals surface area contributed by atoms with Gasteiger partial charge in [0.15, 0.2) is 11.5 Å². The smallest absolute Gasteiger partial charge is 0.354 e. The lowest BCUT2D eigenvalue weighted by Gasteiger charge is -2.16. The molecule has 0 saturated carbocycles. The van der Waals surface area contributed by atoms with Crippen molar-refractivity contribution in [2.45, 2.75) is 0 Å². The molecule has 1 aromatic carbocycles. The number of hydrogen-bond donors (Lipinski definition) is 10. The third kappa shape index (κ3) is 4.92. The second-order valence-electron chi connectivity index (χ2n) is 9.69. The number of aromatic carboxylic acids is 6. The summed E-state index contributed by atoms with van der Waals surface area (Å²) < 4.78 is 0. The van der Waals surface area contributed by atoms with Crippen LogP contribution in [0.15, 0.2) is 24.3 Å². The van der Waals surface area contributed by atoms with Crippen molar-refractivity contribution in [1.29, 1.82) is 0 Å². The van der Waals surface area contributed by atoms with Gasteiger partial charge in [0.25, 0.3) is 5.78 Å². The third-order valence-corrected chi connectivity index (χ3v) is 6.90. The van der Waals surface area contributed by atoms with Crippen molar-refractivity contribution in [2.24, 2.45) is 0 Å². The lowest BCUT2D eigenvalue weighted by atomic mass is 9.88. The van der Waals surface area contributed by atoms with E-state index in [4.69, 9.17) is 20.4 Å². The summed E-state index contributed by atoms with van der Waals surface area (Å²) in [4.78, 5) is 103. The van der Waals surface area contributed by atoms with Gasteiger partial charge in [-0.1, -0.05) is 0 Å². The number of benzene rings is 1. The van der Waals surface area contributed by atoms with Crippen LogP contribution in [0.5, 0.6) is 11.5 Å². The maximum Gasteiger partial charge on any atom is 0.354 e. The van der Waals surface area contributed by atoms with Gasteiger partial charge in [-0.15, -0.1) is 0 Å². The van der Waals surface area contributed by atoms with E-state index in [-0.39, 0.29) is 38.6 Å². The number of aromatic amines is 2. The molecule has 0 amide bonds. The Balaban J connectivity index is 0.000000188. The summed E-state index contributed by atoms with van der Waals surface area (Å²) in [6.07, 6.45) is 0. The summed E-state index contributed by atoms with van der Waals surface area (Å²) in [7, 11) is 0. The number of rotatable bonds is 6. The van der Waals surface area contributed by atoms with Gasteiger partial charge in [-0.2, -0.15) is 0 Å². The SMILES string of the molecule is O=C(O)c1cc(C(=O)O)c2c(n1)C(=O)C(=O)c1cc(C(=O)O)[nH]c1-2.O=C(O)c1cc2c(O)c(O)c3[nH]c(C(=O)O)cc(C(=O)O)c3c2n1. The van der Waals surface area contributed by atoms with Crippen LogP contribution in [0.1, 0.15) is 83.5 Å². The number of carboxylic acid groups (broad SMARTS) is 6. The molecule has 1 aliphatic carbocycles. The van der Waals surface area contributed by atoms with E-state index >= 15 is 0 Å². The number of pyridine rings is 2. The van der Waals surface area contributed by atoms with Crippen molar-refractivity contribution in [3.8, 4) is 22.8 Å². The van der Waals surface area contributed by atoms with Gasteiger partial charge in [-0.3, -0.25) is 9.59 Å². The molecule has 20 nitrogen and oxygen atoms in total. The molecule has 20 heteroatoms. The number of carbonyl (C=O) groups is 8. The second-order valence-corrected chi connectivity index (χ2v) is 9.69. The number of nitrogens with zero attached hydrogens (tertiary/aromatic N) is 2. The predicted octanol–water partition coefficient (Wildman–Crippen LogP) is 1.77. The van der Waals surface area contributed by atoms with Crippen molar-refractivity contribution < 1.29 is 79.2 Å². The van der Waals surface area contributed by atoms with E-state index in [0.29, 0.717) is 0 Å². The van der Waals surface area contributed by atoms with E-state index in [9.17, 15) is 58.8 Å². The minimum Gasteiger partial charge on any atom is -0.504 e. The Bertz CT molecular complexity index is 2380. The molecule has 0 bridgehead atoms. The van der Waals surface area contributed by atoms with Crippen molar-refractivity contribution >= 4 is 69.2 Å². The fourth-order valence-corrected chi connectivity index (χ4v) is 4.85. The van der Waals surface area contributed by atoms with E-state index in [2.05, 4.69) is 19.9 Å². The molecule has 0 atom stereocenters. The van der Waals surface area contributed by atoms with Crippen LogP contribution in [0.4, 0.5) is 0 Å². The molecule has 0 unspecified atom stereocenters. The van der Waals surface area contributed by atoms with Gasteiger partial charge in [0, 0.05) is 16.3 Å². The summed E-state index contributed by atoms with van der Waals surface area (Å²) in [5, 5.41) is 74.3. The average molecular weight is 662 g/mol. The zero-order valence-corrected chi connectivity index (χ0v) is 23.0. The summed E-state index contributed by atoms with van der Waals surface area (Å²) in [5.74, 6) is -12.8. The molecule has 48 heavy (non-hydrogen) atoms. The number of phenolic OH excluding ortho intramolecular Hbond substituents is 2. The molecule has 1 aliphatic rings. The largest absolute Gasteiger partial charge is 0.504 e. The number of carboxylic acids is 6. The van der Waals surface area contributed by atoms with Crippen LogP contribution in [-0.2, 0) is 0 Å². The van der Waals surface area contributed by atoms with E-state index in [0.717, 1.165) is 24.3 Å². The van der Waals surface area contributed by atoms with E-state index in [1.54, 1.807) is 0 Å². The van der Waals surface area contributed by atoms with Crippen LogP contribution in [-0.4, -0.2) is 108 Å². The highest BCUT2D eigenvalue weighted by atomic mass is 16.4. The minimum absolute atomic E-state index is 0.170. The van der Waals surface area contributed by atoms with Gasteiger partial charge < -0.3 is 50.8 Å². The Hall–Kier alpha value is -7.64. The standard InChI is InChI=1S/C14H8N2O8.C14H6N2O8/c2*17-10-4-2-6(14(23)24)15-8(4)7-3(12(19)20)1-5(13(21)22)16-9(7)11(10)18/h1-2,16-18H,(H,19,20)(H,21,22)(H,23,24);1-2,15H,(H,19,20)(H,21,22)(H,23,24). The topological polar surface area (TPSA) is 356 Å². The zero-order chi connectivity index (χ0) is 35.5. The molecule has 4 heterocycles. The number of phenols is 2. The lowest BCUT2D eigenvalue weighted by molar-refractivity contribution is 0.0672. The first-order valence-corrected chi connectivity index (χ1v) is 12.6. The summed E-state index contributed by atoms with van der Waals surface area (Å²) in [5.41, 5.74) is -5.31. The van der Waals surface area contributed by atoms with E-state index in [1.165, 1.54) is 0 Å². The number of aromatic nitrogens is 4. The Morgan fingerprint density at radius 2 is 1.15 bits per heavy atom. The van der Waals surface area contributed by atoms with Crippen LogP contribution < -0.4 is 0 Å². The zero-order valence-electron chi connectivity index (χ0n) is 23.0. The Morgan fingerprint density at radius 3 is 1.69 bits per heavy atom. The number of carbonyl (C=O) groups excluding carboxylic acids is 2. The normalized spacial score (nSPS) is 11.8. The minimum atomic E-state index is -1.58. The molecule has 0 aliphatic heterocycles. The summed E-state index contributed by atoms with van der Waals surface area (Å²) >= 11 is 0. The van der Waals surface area contributed by atoms with Crippen molar-refractivity contribution in [3.05, 3.63) is 69.4 Å². The highest BCUT2D eigenvalue weighted by Gasteiger charge is 2.38. The van der Waals surface area contributed by atoms with Gasteiger partial charge in [0.05, 0.1) is 33.4 Å². The fourth-order valence-electron chi connectivity index (χ4n) is 4.85. The molecule has 0 spiro atoms. The fraction of sp³-hybridized carbons (Fsp3) is 0. The molecule has 6 rings (SSSR count). The first-order valence-electron chi connectivity index (χ1n) is 12.6. The van der Waals surface area contributed by atoms with Crippen LogP contribution in [0.2, 0.25) is 0 Å². The number of hydrogen-bond acceptors (Lipinski definition) is 12. The van der Waals surface area contributed by atoms with Gasteiger partial charge in [-0.25, -0.2) is 38.7 Å². The van der Waals surface area contributed by atoms with Crippen LogP contribution in [0.25, 0.3) is 33.1 Å². The Morgan fingerprint density at radius 1 is 0.583 bits per heavy atom. The first kappa shape index (κ1) is 31.8. The monoisotopic (exact) mass is 662 g/mol. The predicted molar refractivity (Wildman–Crippen MR) is 151 cm³/mol. The van der Waals surface area contributed by atoms with Crippen molar-refractivity contribution in [3.63, 3.8) is 0 Å². The van der Waals surface area contributed by atoms with Crippen LogP contribution >= 0.6 is 0 Å². The molecule has 0 saturated heterocycles. The molecule has 5 aromatic rings. The van der Waals surface area contributed by atoms with E-state index in [1.807, 2.05) is 0 Å². The number of nitrogens with one attached hydrogen (secondary N) is 2. The molecular weight excluding hydrogens is 648 g/mol. The Labute approximate surface area is 260 Å². The summed E-state index contributed by atoms with van der Waals surface area (Å²) in [6, 6.07) is 3.44.